The van der Waals surface area contributed by atoms with Gasteiger partial charge < -0.3 is 10.2 Å². The first-order valence-corrected chi connectivity index (χ1v) is 6.23. The molecule has 3 heteroatoms. The van der Waals surface area contributed by atoms with E-state index in [2.05, 4.69) is 47.2 Å². The van der Waals surface area contributed by atoms with E-state index >= 15 is 0 Å². The monoisotopic (exact) mass is 254 g/mol. The van der Waals surface area contributed by atoms with E-state index in [-0.39, 0.29) is 22.3 Å². The maximum absolute atomic E-state index is 9.99. The van der Waals surface area contributed by atoms with Crippen molar-refractivity contribution in [3.63, 3.8) is 0 Å². The predicted molar refractivity (Wildman–Crippen MR) is 74.1 cm³/mol. The van der Waals surface area contributed by atoms with Crippen molar-refractivity contribution in [2.45, 2.75) is 51.3 Å². The summed E-state index contributed by atoms with van der Waals surface area (Å²) in [6, 6.07) is 3.11. The van der Waals surface area contributed by atoms with Gasteiger partial charge in [0.1, 0.15) is 11.5 Å². The van der Waals surface area contributed by atoms with Crippen LogP contribution >= 0.6 is 12.6 Å². The van der Waals surface area contributed by atoms with Crippen molar-refractivity contribution in [3.8, 4) is 11.5 Å². The van der Waals surface area contributed by atoms with Crippen molar-refractivity contribution >= 4 is 12.6 Å². The van der Waals surface area contributed by atoms with Crippen LogP contribution in [-0.2, 0) is 5.41 Å². The van der Waals surface area contributed by atoms with Gasteiger partial charge in [0.15, 0.2) is 0 Å². The molecule has 1 aromatic carbocycles. The van der Waals surface area contributed by atoms with Gasteiger partial charge in [-0.15, -0.1) is 12.6 Å². The topological polar surface area (TPSA) is 40.5 Å². The van der Waals surface area contributed by atoms with Crippen molar-refractivity contribution in [2.24, 2.45) is 5.41 Å². The van der Waals surface area contributed by atoms with E-state index in [0.717, 1.165) is 12.0 Å². The molecule has 0 atom stereocenters. The van der Waals surface area contributed by atoms with Gasteiger partial charge in [0.25, 0.3) is 0 Å². The summed E-state index contributed by atoms with van der Waals surface area (Å²) in [5, 5.41) is 19.7. The molecule has 0 radical (unpaired) electrons. The minimum absolute atomic E-state index is 0.114. The molecule has 0 saturated heterocycles. The van der Waals surface area contributed by atoms with Crippen molar-refractivity contribution < 1.29 is 10.2 Å². The van der Waals surface area contributed by atoms with Crippen LogP contribution in [0.2, 0.25) is 0 Å². The Hall–Kier alpha value is -0.830. The first-order valence-electron chi connectivity index (χ1n) is 5.78. The number of phenolic OH excluding ortho intramolecular Hbond substituents is 2. The van der Waals surface area contributed by atoms with E-state index in [1.165, 1.54) is 6.07 Å². The summed E-state index contributed by atoms with van der Waals surface area (Å²) in [4.78, 5) is 0.401. The Morgan fingerprint density at radius 3 is 2.00 bits per heavy atom. The van der Waals surface area contributed by atoms with Crippen LogP contribution < -0.4 is 0 Å². The summed E-state index contributed by atoms with van der Waals surface area (Å²) in [5.41, 5.74) is 0.731. The van der Waals surface area contributed by atoms with Crippen molar-refractivity contribution in [2.75, 3.05) is 0 Å². The van der Waals surface area contributed by atoms with Gasteiger partial charge in [-0.1, -0.05) is 34.6 Å². The van der Waals surface area contributed by atoms with E-state index in [0.29, 0.717) is 4.90 Å². The minimum Gasteiger partial charge on any atom is -0.508 e. The Morgan fingerprint density at radius 1 is 1.00 bits per heavy atom. The molecular weight excluding hydrogens is 232 g/mol. The fourth-order valence-corrected chi connectivity index (χ4v) is 2.72. The van der Waals surface area contributed by atoms with Crippen molar-refractivity contribution in [1.29, 1.82) is 0 Å². The van der Waals surface area contributed by atoms with Crippen LogP contribution in [0.4, 0.5) is 0 Å². The summed E-state index contributed by atoms with van der Waals surface area (Å²) in [7, 11) is 0. The lowest BCUT2D eigenvalue weighted by Crippen LogP contribution is -2.24. The Labute approximate surface area is 109 Å². The number of rotatable bonds is 2. The number of phenols is 2. The third kappa shape index (κ3) is 3.56. The fraction of sp³-hybridized carbons (Fsp3) is 0.571. The average molecular weight is 254 g/mol. The summed E-state index contributed by atoms with van der Waals surface area (Å²) in [5.74, 6) is 0.310. The van der Waals surface area contributed by atoms with E-state index in [4.69, 9.17) is 0 Å². The van der Waals surface area contributed by atoms with Crippen molar-refractivity contribution in [3.05, 3.63) is 17.7 Å². The second-order valence-electron chi connectivity index (χ2n) is 6.48. The van der Waals surface area contributed by atoms with Crippen molar-refractivity contribution in [1.82, 2.24) is 0 Å². The number of hydrogen-bond acceptors (Lipinski definition) is 3. The third-order valence-electron chi connectivity index (χ3n) is 2.79. The minimum atomic E-state index is -0.193. The van der Waals surface area contributed by atoms with Crippen LogP contribution in [0, 0.1) is 5.41 Å². The van der Waals surface area contributed by atoms with Gasteiger partial charge in [0.2, 0.25) is 0 Å². The molecule has 2 N–H and O–H groups in total. The second-order valence-corrected chi connectivity index (χ2v) is 6.96. The average Bonchev–Trinajstić information content (AvgIpc) is 2.06. The highest BCUT2D eigenvalue weighted by Gasteiger charge is 2.30. The van der Waals surface area contributed by atoms with Crippen LogP contribution in [0.3, 0.4) is 0 Å². The Kier molecular flexibility index (Phi) is 3.72. The molecule has 0 heterocycles. The number of hydrogen-bond donors (Lipinski definition) is 3. The van der Waals surface area contributed by atoms with Crippen LogP contribution in [0.5, 0.6) is 11.5 Å². The number of aromatic hydroxyl groups is 2. The lowest BCUT2D eigenvalue weighted by atomic mass is 9.72. The second kappa shape index (κ2) is 4.45. The molecule has 0 amide bonds. The molecule has 2 nitrogen and oxygen atoms in total. The highest BCUT2D eigenvalue weighted by atomic mass is 32.1. The maximum atomic E-state index is 9.99. The molecule has 1 rings (SSSR count). The summed E-state index contributed by atoms with van der Waals surface area (Å²) in [6.45, 7) is 10.6. The zero-order chi connectivity index (χ0) is 13.4. The van der Waals surface area contributed by atoms with Gasteiger partial charge in [0, 0.05) is 10.5 Å². The molecule has 96 valence electrons. The molecule has 0 unspecified atom stereocenters. The van der Waals surface area contributed by atoms with Crippen LogP contribution in [0.15, 0.2) is 17.0 Å². The first-order chi connectivity index (χ1) is 7.53. The number of benzene rings is 1. The van der Waals surface area contributed by atoms with Crippen LogP contribution in [0.1, 0.15) is 46.6 Å². The molecule has 0 aromatic heterocycles. The quantitative estimate of drug-likeness (QED) is 0.549. The highest BCUT2D eigenvalue weighted by molar-refractivity contribution is 7.80. The Morgan fingerprint density at radius 2 is 1.53 bits per heavy atom. The van der Waals surface area contributed by atoms with Gasteiger partial charge >= 0.3 is 0 Å². The normalized spacial score (nSPS) is 12.8. The molecule has 0 spiro atoms. The molecule has 0 aliphatic carbocycles. The summed E-state index contributed by atoms with van der Waals surface area (Å²) in [6.07, 6.45) is 0.916. The van der Waals surface area contributed by atoms with Gasteiger partial charge in [-0.25, -0.2) is 0 Å². The molecule has 0 bridgehead atoms. The smallest absolute Gasteiger partial charge is 0.129 e. The largest absolute Gasteiger partial charge is 0.508 e. The third-order valence-corrected chi connectivity index (χ3v) is 3.15. The van der Waals surface area contributed by atoms with Gasteiger partial charge in [-0.05, 0) is 29.4 Å². The molecule has 1 aromatic rings. The molecular formula is C14H22O2S. The van der Waals surface area contributed by atoms with Crippen LogP contribution in [0.25, 0.3) is 0 Å². The van der Waals surface area contributed by atoms with Gasteiger partial charge in [-0.3, -0.25) is 0 Å². The summed E-state index contributed by atoms with van der Waals surface area (Å²) >= 11 is 4.09. The highest BCUT2D eigenvalue weighted by Crippen LogP contribution is 2.42. The summed E-state index contributed by atoms with van der Waals surface area (Å²) < 4.78 is 0. The van der Waals surface area contributed by atoms with Gasteiger partial charge in [-0.2, -0.15) is 0 Å². The fourth-order valence-electron chi connectivity index (χ4n) is 2.53. The molecule has 0 saturated carbocycles. The standard InChI is InChI=1S/C14H22O2S/c1-13(2,3)8-14(4,5)9-6-11(16)12(17)7-10(9)15/h6-7,15-17H,8H2,1-5H3. The lowest BCUT2D eigenvalue weighted by molar-refractivity contribution is 0.277. The Bertz CT molecular complexity index is 417. The van der Waals surface area contributed by atoms with Gasteiger partial charge in [0.05, 0.1) is 0 Å². The van der Waals surface area contributed by atoms with E-state index in [9.17, 15) is 10.2 Å². The van der Waals surface area contributed by atoms with E-state index in [1.54, 1.807) is 6.07 Å². The maximum Gasteiger partial charge on any atom is 0.129 e. The zero-order valence-corrected chi connectivity index (χ0v) is 12.1. The first kappa shape index (κ1) is 14.2. The zero-order valence-electron chi connectivity index (χ0n) is 11.2. The van der Waals surface area contributed by atoms with E-state index in [1.807, 2.05) is 0 Å². The number of thiol groups is 1. The van der Waals surface area contributed by atoms with Crippen LogP contribution in [-0.4, -0.2) is 10.2 Å². The molecule has 0 aliphatic rings. The SMILES string of the molecule is CC(C)(C)CC(C)(C)c1cc(O)c(S)cc1O. The molecule has 17 heavy (non-hydrogen) atoms. The van der Waals surface area contributed by atoms with E-state index < -0.39 is 0 Å². The molecule has 0 fully saturated rings. The lowest BCUT2D eigenvalue weighted by Gasteiger charge is -2.33. The predicted octanol–water partition coefficient (Wildman–Crippen LogP) is 4.10. The Balaban J connectivity index is 3.19. The molecule has 0 aliphatic heterocycles.